The standard InChI is InChI=1S/C14H19NO4/c1-10-6-8-19-13(10)14(18)15-7-2-3-11(9-15)4-5-12(16)17/h6,8,11H,2-5,7,9H2,1H3,(H,16,17). The molecule has 0 bridgehead atoms. The first kappa shape index (κ1) is 13.6. The Bertz CT molecular complexity index is 466. The predicted octanol–water partition coefficient (Wildman–Crippen LogP) is 2.31. The molecule has 0 radical (unpaired) electrons. The van der Waals surface area contributed by atoms with Gasteiger partial charge in [0.1, 0.15) is 0 Å². The van der Waals surface area contributed by atoms with E-state index in [1.165, 1.54) is 6.26 Å². The van der Waals surface area contributed by atoms with Crippen molar-refractivity contribution in [2.45, 2.75) is 32.6 Å². The molecule has 2 heterocycles. The van der Waals surface area contributed by atoms with E-state index in [9.17, 15) is 9.59 Å². The van der Waals surface area contributed by atoms with Gasteiger partial charge in [-0.15, -0.1) is 0 Å². The number of carboxylic acids is 1. The first-order valence-corrected chi connectivity index (χ1v) is 6.63. The minimum Gasteiger partial charge on any atom is -0.481 e. The third-order valence-corrected chi connectivity index (χ3v) is 3.63. The number of likely N-dealkylation sites (tertiary alicyclic amines) is 1. The topological polar surface area (TPSA) is 70.8 Å². The molecule has 5 nitrogen and oxygen atoms in total. The minimum atomic E-state index is -0.773. The zero-order valence-corrected chi connectivity index (χ0v) is 11.1. The van der Waals surface area contributed by atoms with Crippen LogP contribution in [0.1, 0.15) is 41.8 Å². The third-order valence-electron chi connectivity index (χ3n) is 3.63. The number of hydrogen-bond acceptors (Lipinski definition) is 3. The van der Waals surface area contributed by atoms with Crippen molar-refractivity contribution in [2.75, 3.05) is 13.1 Å². The van der Waals surface area contributed by atoms with Gasteiger partial charge in [-0.2, -0.15) is 0 Å². The molecule has 0 saturated carbocycles. The monoisotopic (exact) mass is 265 g/mol. The molecule has 5 heteroatoms. The molecule has 1 aromatic heterocycles. The van der Waals surface area contributed by atoms with Gasteiger partial charge in [0.05, 0.1) is 6.26 Å². The number of piperidine rings is 1. The van der Waals surface area contributed by atoms with Crippen molar-refractivity contribution < 1.29 is 19.1 Å². The van der Waals surface area contributed by atoms with Crippen molar-refractivity contribution in [1.82, 2.24) is 4.90 Å². The smallest absolute Gasteiger partial charge is 0.303 e. The third kappa shape index (κ3) is 3.36. The number of rotatable bonds is 4. The molecular formula is C14H19NO4. The fourth-order valence-electron chi connectivity index (χ4n) is 2.55. The maximum Gasteiger partial charge on any atom is 0.303 e. The van der Waals surface area contributed by atoms with Gasteiger partial charge in [-0.05, 0) is 38.2 Å². The zero-order chi connectivity index (χ0) is 13.8. The van der Waals surface area contributed by atoms with E-state index >= 15 is 0 Å². The van der Waals surface area contributed by atoms with Gasteiger partial charge in [0.25, 0.3) is 5.91 Å². The maximum absolute atomic E-state index is 12.3. The number of hydrogen-bond donors (Lipinski definition) is 1. The van der Waals surface area contributed by atoms with Gasteiger partial charge >= 0.3 is 5.97 Å². The van der Waals surface area contributed by atoms with Gasteiger partial charge in [-0.1, -0.05) is 0 Å². The maximum atomic E-state index is 12.3. The second-order valence-electron chi connectivity index (χ2n) is 5.12. The SMILES string of the molecule is Cc1ccoc1C(=O)N1CCCC(CCC(=O)O)C1. The first-order valence-electron chi connectivity index (χ1n) is 6.63. The molecule has 1 aromatic rings. The Labute approximate surface area is 112 Å². The lowest BCUT2D eigenvalue weighted by Gasteiger charge is -2.32. The molecule has 1 N–H and O–H groups in total. The van der Waals surface area contributed by atoms with Gasteiger partial charge in [0, 0.05) is 25.1 Å². The number of aliphatic carboxylic acids is 1. The molecule has 104 valence electrons. The van der Waals surface area contributed by atoms with Crippen LogP contribution in [-0.2, 0) is 4.79 Å². The number of carbonyl (C=O) groups is 2. The van der Waals surface area contributed by atoms with Crippen molar-refractivity contribution in [3.63, 3.8) is 0 Å². The number of aryl methyl sites for hydroxylation is 1. The van der Waals surface area contributed by atoms with Crippen LogP contribution >= 0.6 is 0 Å². The molecule has 2 rings (SSSR count). The van der Waals surface area contributed by atoms with Crippen LogP contribution in [0.5, 0.6) is 0 Å². The van der Waals surface area contributed by atoms with Crippen molar-refractivity contribution in [2.24, 2.45) is 5.92 Å². The molecule has 0 spiro atoms. The van der Waals surface area contributed by atoms with Crippen molar-refractivity contribution in [3.8, 4) is 0 Å². The lowest BCUT2D eigenvalue weighted by atomic mass is 9.93. The van der Waals surface area contributed by atoms with Crippen molar-refractivity contribution >= 4 is 11.9 Å². The summed E-state index contributed by atoms with van der Waals surface area (Å²) in [6.45, 7) is 3.21. The summed E-state index contributed by atoms with van der Waals surface area (Å²) in [5.74, 6) is -0.171. The Kier molecular flexibility index (Phi) is 4.24. The molecule has 1 fully saturated rings. The predicted molar refractivity (Wildman–Crippen MR) is 68.9 cm³/mol. The summed E-state index contributed by atoms with van der Waals surface area (Å²) < 4.78 is 5.23. The summed E-state index contributed by atoms with van der Waals surface area (Å²) >= 11 is 0. The van der Waals surface area contributed by atoms with Crippen LogP contribution in [0.15, 0.2) is 16.7 Å². The van der Waals surface area contributed by atoms with E-state index in [1.807, 2.05) is 6.92 Å². The van der Waals surface area contributed by atoms with Crippen LogP contribution in [-0.4, -0.2) is 35.0 Å². The van der Waals surface area contributed by atoms with Crippen LogP contribution in [0.2, 0.25) is 0 Å². The van der Waals surface area contributed by atoms with Crippen molar-refractivity contribution in [3.05, 3.63) is 23.7 Å². The summed E-state index contributed by atoms with van der Waals surface area (Å²) in [4.78, 5) is 24.7. The number of carbonyl (C=O) groups excluding carboxylic acids is 1. The van der Waals surface area contributed by atoms with E-state index in [0.717, 1.165) is 24.9 Å². The minimum absolute atomic E-state index is 0.0810. The number of furan rings is 1. The molecule has 1 aliphatic rings. The summed E-state index contributed by atoms with van der Waals surface area (Å²) in [5.41, 5.74) is 0.845. The lowest BCUT2D eigenvalue weighted by Crippen LogP contribution is -2.40. The Morgan fingerprint density at radius 3 is 2.95 bits per heavy atom. The van der Waals surface area contributed by atoms with Crippen molar-refractivity contribution in [1.29, 1.82) is 0 Å². The summed E-state index contributed by atoms with van der Waals surface area (Å²) in [6, 6.07) is 1.78. The normalized spacial score (nSPS) is 19.4. The fourth-order valence-corrected chi connectivity index (χ4v) is 2.55. The van der Waals surface area contributed by atoms with Gasteiger partial charge in [-0.3, -0.25) is 9.59 Å². The summed E-state index contributed by atoms with van der Waals surface area (Å²) in [6.07, 6.45) is 4.25. The van der Waals surface area contributed by atoms with Gasteiger partial charge in [0.2, 0.25) is 0 Å². The average molecular weight is 265 g/mol. The molecular weight excluding hydrogens is 246 g/mol. The van der Waals surface area contributed by atoms with E-state index in [2.05, 4.69) is 0 Å². The fraction of sp³-hybridized carbons (Fsp3) is 0.571. The highest BCUT2D eigenvalue weighted by atomic mass is 16.4. The summed E-state index contributed by atoms with van der Waals surface area (Å²) in [5, 5.41) is 8.71. The van der Waals surface area contributed by atoms with E-state index in [-0.39, 0.29) is 18.2 Å². The van der Waals surface area contributed by atoms with E-state index < -0.39 is 5.97 Å². The number of amides is 1. The lowest BCUT2D eigenvalue weighted by molar-refractivity contribution is -0.137. The molecule has 1 atom stereocenters. The quantitative estimate of drug-likeness (QED) is 0.906. The van der Waals surface area contributed by atoms with Gasteiger partial charge in [-0.25, -0.2) is 0 Å². The van der Waals surface area contributed by atoms with Crippen LogP contribution in [0.25, 0.3) is 0 Å². The molecule has 1 saturated heterocycles. The molecule has 19 heavy (non-hydrogen) atoms. The largest absolute Gasteiger partial charge is 0.481 e. The number of nitrogens with zero attached hydrogens (tertiary/aromatic N) is 1. The Balaban J connectivity index is 1.95. The molecule has 1 unspecified atom stereocenters. The molecule has 0 aliphatic carbocycles. The van der Waals surface area contributed by atoms with Crippen LogP contribution in [0.3, 0.4) is 0 Å². The Morgan fingerprint density at radius 2 is 2.32 bits per heavy atom. The van der Waals surface area contributed by atoms with Crippen LogP contribution in [0, 0.1) is 12.8 Å². The Morgan fingerprint density at radius 1 is 1.53 bits per heavy atom. The zero-order valence-electron chi connectivity index (χ0n) is 11.1. The molecule has 0 aromatic carbocycles. The average Bonchev–Trinajstić information content (AvgIpc) is 2.82. The van der Waals surface area contributed by atoms with Gasteiger partial charge in [0.15, 0.2) is 5.76 Å². The van der Waals surface area contributed by atoms with E-state index in [0.29, 0.717) is 18.7 Å². The molecule has 1 aliphatic heterocycles. The van der Waals surface area contributed by atoms with Crippen LogP contribution in [0.4, 0.5) is 0 Å². The second-order valence-corrected chi connectivity index (χ2v) is 5.12. The van der Waals surface area contributed by atoms with E-state index in [4.69, 9.17) is 9.52 Å². The highest BCUT2D eigenvalue weighted by Gasteiger charge is 2.27. The second kappa shape index (κ2) is 5.91. The molecule has 1 amide bonds. The summed E-state index contributed by atoms with van der Waals surface area (Å²) in [7, 11) is 0. The van der Waals surface area contributed by atoms with Gasteiger partial charge < -0.3 is 14.4 Å². The highest BCUT2D eigenvalue weighted by molar-refractivity contribution is 5.92. The van der Waals surface area contributed by atoms with E-state index in [1.54, 1.807) is 11.0 Å². The highest BCUT2D eigenvalue weighted by Crippen LogP contribution is 2.23. The number of carboxylic acid groups (broad SMARTS) is 1. The first-order chi connectivity index (χ1) is 9.08. The Hall–Kier alpha value is -1.78. The van der Waals surface area contributed by atoms with Crippen LogP contribution < -0.4 is 0 Å².